The van der Waals surface area contributed by atoms with Gasteiger partial charge < -0.3 is 14.5 Å². The van der Waals surface area contributed by atoms with E-state index in [1.165, 1.54) is 0 Å². The van der Waals surface area contributed by atoms with Gasteiger partial charge in [-0.1, -0.05) is 6.07 Å². The van der Waals surface area contributed by atoms with Crippen LogP contribution in [-0.4, -0.2) is 58.9 Å². The second-order valence-corrected chi connectivity index (χ2v) is 6.34. The number of ether oxygens (including phenoxy) is 1. The van der Waals surface area contributed by atoms with Gasteiger partial charge in [0.2, 0.25) is 0 Å². The molecule has 0 unspecified atom stereocenters. The van der Waals surface area contributed by atoms with E-state index in [0.29, 0.717) is 24.5 Å². The lowest BCUT2D eigenvalue weighted by atomic mass is 10.2. The highest BCUT2D eigenvalue weighted by atomic mass is 16.5. The van der Waals surface area contributed by atoms with Crippen LogP contribution in [0.3, 0.4) is 0 Å². The molecule has 2 aromatic heterocycles. The quantitative estimate of drug-likeness (QED) is 0.711. The summed E-state index contributed by atoms with van der Waals surface area (Å²) in [5.74, 6) is 1.55. The zero-order valence-electron chi connectivity index (χ0n) is 15.2. The molecule has 0 atom stereocenters. The lowest BCUT2D eigenvalue weighted by Gasteiger charge is -2.36. The number of aromatic nitrogens is 3. The minimum atomic E-state index is 0.0137. The number of amides is 1. The Hall–Kier alpha value is -3.35. The number of anilines is 1. The van der Waals surface area contributed by atoms with Crippen molar-refractivity contribution in [2.75, 3.05) is 38.2 Å². The summed E-state index contributed by atoms with van der Waals surface area (Å²) >= 11 is 0. The molecule has 7 nitrogen and oxygen atoms in total. The second kappa shape index (κ2) is 7.49. The average Bonchev–Trinajstić information content (AvgIpc) is 3.28. The molecule has 1 saturated heterocycles. The van der Waals surface area contributed by atoms with Gasteiger partial charge in [0.1, 0.15) is 5.75 Å². The van der Waals surface area contributed by atoms with Crippen LogP contribution in [0.4, 0.5) is 5.69 Å². The molecular formula is C20H21N5O2. The Morgan fingerprint density at radius 3 is 2.59 bits per heavy atom. The topological polar surface area (TPSA) is 63.5 Å². The summed E-state index contributed by atoms with van der Waals surface area (Å²) in [5, 5.41) is 4.14. The van der Waals surface area contributed by atoms with Crippen LogP contribution in [0.2, 0.25) is 0 Å². The number of nitrogens with zero attached hydrogens (tertiary/aromatic N) is 5. The number of piperazine rings is 1. The van der Waals surface area contributed by atoms with Crippen molar-refractivity contribution in [1.82, 2.24) is 19.7 Å². The van der Waals surface area contributed by atoms with Gasteiger partial charge in [0.05, 0.1) is 12.7 Å². The Bertz CT molecular complexity index is 900. The molecule has 3 aromatic rings. The maximum atomic E-state index is 12.8. The van der Waals surface area contributed by atoms with Crippen molar-refractivity contribution >= 4 is 11.6 Å². The van der Waals surface area contributed by atoms with Crippen LogP contribution in [0.1, 0.15) is 10.4 Å². The molecule has 0 N–H and O–H groups in total. The van der Waals surface area contributed by atoms with Crippen molar-refractivity contribution in [2.24, 2.45) is 0 Å². The molecule has 138 valence electrons. The fraction of sp³-hybridized carbons (Fsp3) is 0.250. The first-order valence-electron chi connectivity index (χ1n) is 8.89. The third-order valence-electron chi connectivity index (χ3n) is 4.72. The Balaban J connectivity index is 1.39. The van der Waals surface area contributed by atoms with Crippen LogP contribution in [-0.2, 0) is 0 Å². The van der Waals surface area contributed by atoms with Crippen LogP contribution in [0.15, 0.2) is 61.1 Å². The van der Waals surface area contributed by atoms with E-state index < -0.39 is 0 Å². The van der Waals surface area contributed by atoms with Crippen molar-refractivity contribution in [2.45, 2.75) is 0 Å². The van der Waals surface area contributed by atoms with E-state index in [1.807, 2.05) is 41.4 Å². The maximum Gasteiger partial charge on any atom is 0.255 e. The summed E-state index contributed by atoms with van der Waals surface area (Å²) in [4.78, 5) is 21.3. The number of hydrogen-bond donors (Lipinski definition) is 0. The zero-order valence-corrected chi connectivity index (χ0v) is 15.2. The number of carbonyl (C=O) groups excluding carboxylic acids is 1. The number of rotatable bonds is 4. The summed E-state index contributed by atoms with van der Waals surface area (Å²) in [6.07, 6.45) is 5.14. The monoisotopic (exact) mass is 363 g/mol. The van der Waals surface area contributed by atoms with Crippen LogP contribution in [0.5, 0.6) is 5.75 Å². The molecule has 0 spiro atoms. The van der Waals surface area contributed by atoms with Gasteiger partial charge in [-0.2, -0.15) is 5.10 Å². The van der Waals surface area contributed by atoms with Crippen LogP contribution < -0.4 is 9.64 Å². The zero-order chi connectivity index (χ0) is 18.6. The highest BCUT2D eigenvalue weighted by molar-refractivity contribution is 5.94. The third-order valence-corrected chi connectivity index (χ3v) is 4.72. The molecule has 1 aliphatic rings. The Kier molecular flexibility index (Phi) is 4.74. The SMILES string of the molecule is COc1cccc(N2CCN(C(=O)c3ccc(-n4cccn4)nc3)CC2)c1. The molecular weight excluding hydrogens is 342 g/mol. The van der Waals surface area contributed by atoms with E-state index in [9.17, 15) is 4.79 Å². The van der Waals surface area contributed by atoms with Gasteiger partial charge in [-0.25, -0.2) is 9.67 Å². The van der Waals surface area contributed by atoms with Crippen LogP contribution >= 0.6 is 0 Å². The second-order valence-electron chi connectivity index (χ2n) is 6.34. The van der Waals surface area contributed by atoms with E-state index >= 15 is 0 Å². The molecule has 0 radical (unpaired) electrons. The van der Waals surface area contributed by atoms with E-state index in [0.717, 1.165) is 24.5 Å². The van der Waals surface area contributed by atoms with Crippen molar-refractivity contribution < 1.29 is 9.53 Å². The summed E-state index contributed by atoms with van der Waals surface area (Å²) in [6, 6.07) is 13.5. The smallest absolute Gasteiger partial charge is 0.255 e. The normalized spacial score (nSPS) is 14.3. The lowest BCUT2D eigenvalue weighted by Crippen LogP contribution is -2.48. The molecule has 0 bridgehead atoms. The molecule has 7 heteroatoms. The Morgan fingerprint density at radius 1 is 1.07 bits per heavy atom. The molecule has 0 aliphatic carbocycles. The minimum absolute atomic E-state index is 0.0137. The molecule has 4 rings (SSSR count). The fourth-order valence-electron chi connectivity index (χ4n) is 3.21. The van der Waals surface area contributed by atoms with Crippen molar-refractivity contribution in [3.8, 4) is 11.6 Å². The molecule has 0 saturated carbocycles. The average molecular weight is 363 g/mol. The summed E-state index contributed by atoms with van der Waals surface area (Å²) in [7, 11) is 1.67. The Morgan fingerprint density at radius 2 is 1.93 bits per heavy atom. The van der Waals surface area contributed by atoms with E-state index in [1.54, 1.807) is 30.3 Å². The first-order valence-corrected chi connectivity index (χ1v) is 8.89. The molecule has 3 heterocycles. The van der Waals surface area contributed by atoms with Crippen LogP contribution in [0, 0.1) is 0 Å². The van der Waals surface area contributed by atoms with Gasteiger partial charge in [-0.15, -0.1) is 0 Å². The minimum Gasteiger partial charge on any atom is -0.497 e. The molecule has 1 amide bonds. The van der Waals surface area contributed by atoms with Gasteiger partial charge in [-0.3, -0.25) is 4.79 Å². The van der Waals surface area contributed by atoms with Gasteiger partial charge in [0.15, 0.2) is 5.82 Å². The van der Waals surface area contributed by atoms with E-state index in [2.05, 4.69) is 21.0 Å². The first-order chi connectivity index (χ1) is 13.2. The summed E-state index contributed by atoms with van der Waals surface area (Å²) in [6.45, 7) is 2.93. The van der Waals surface area contributed by atoms with Crippen molar-refractivity contribution in [3.05, 3.63) is 66.6 Å². The predicted molar refractivity (Wildman–Crippen MR) is 102 cm³/mol. The molecule has 1 aliphatic heterocycles. The third kappa shape index (κ3) is 3.62. The van der Waals surface area contributed by atoms with Gasteiger partial charge in [-0.05, 0) is 30.3 Å². The maximum absolute atomic E-state index is 12.8. The van der Waals surface area contributed by atoms with Crippen molar-refractivity contribution in [3.63, 3.8) is 0 Å². The number of pyridine rings is 1. The van der Waals surface area contributed by atoms with Gasteiger partial charge in [0, 0.05) is 56.5 Å². The molecule has 27 heavy (non-hydrogen) atoms. The fourth-order valence-corrected chi connectivity index (χ4v) is 3.21. The van der Waals surface area contributed by atoms with Crippen LogP contribution in [0.25, 0.3) is 5.82 Å². The van der Waals surface area contributed by atoms with Crippen molar-refractivity contribution in [1.29, 1.82) is 0 Å². The van der Waals surface area contributed by atoms with E-state index in [-0.39, 0.29) is 5.91 Å². The lowest BCUT2D eigenvalue weighted by molar-refractivity contribution is 0.0746. The first kappa shape index (κ1) is 17.1. The number of benzene rings is 1. The summed E-state index contributed by atoms with van der Waals surface area (Å²) < 4.78 is 6.96. The highest BCUT2D eigenvalue weighted by Gasteiger charge is 2.22. The highest BCUT2D eigenvalue weighted by Crippen LogP contribution is 2.22. The standard InChI is InChI=1S/C20H21N5O2/c1-27-18-5-2-4-17(14-18)23-10-12-24(13-11-23)20(26)16-6-7-19(21-15-16)25-9-3-8-22-25/h2-9,14-15H,10-13H2,1H3. The predicted octanol–water partition coefficient (Wildman–Crippen LogP) is 2.24. The summed E-state index contributed by atoms with van der Waals surface area (Å²) in [5.41, 5.74) is 1.72. The van der Waals surface area contributed by atoms with Gasteiger partial charge >= 0.3 is 0 Å². The number of carbonyl (C=O) groups is 1. The van der Waals surface area contributed by atoms with Gasteiger partial charge in [0.25, 0.3) is 5.91 Å². The number of hydrogen-bond acceptors (Lipinski definition) is 5. The largest absolute Gasteiger partial charge is 0.497 e. The number of methoxy groups -OCH3 is 1. The molecule has 1 aromatic carbocycles. The molecule has 1 fully saturated rings. The Labute approximate surface area is 157 Å². The van der Waals surface area contributed by atoms with E-state index in [4.69, 9.17) is 4.74 Å².